The second-order valence-electron chi connectivity index (χ2n) is 7.34. The molecule has 0 bridgehead atoms. The minimum Gasteiger partial charge on any atom is -0.493 e. The zero-order chi connectivity index (χ0) is 20.8. The fraction of sp³-hybridized carbons (Fsp3) is 0.391. The van der Waals surface area contributed by atoms with Crippen molar-refractivity contribution in [3.8, 4) is 11.5 Å². The zero-order valence-electron chi connectivity index (χ0n) is 17.2. The van der Waals surface area contributed by atoms with Gasteiger partial charge in [-0.3, -0.25) is 9.59 Å². The molecule has 2 aromatic carbocycles. The van der Waals surface area contributed by atoms with Crippen LogP contribution in [-0.2, 0) is 11.3 Å². The highest BCUT2D eigenvalue weighted by Gasteiger charge is 2.27. The number of nitrogens with zero attached hydrogens (tertiary/aromatic N) is 1. The standard InChI is InChI=1S/C23H28N2O4/c1-16-4-7-19(8-5-16)23(27)25-12-10-18(11-13-25)22(26)24-15-17-6-9-20(28-2)21(14-17)29-3/h4-9,14,18H,10-13,15H2,1-3H3,(H,24,26). The molecule has 2 amide bonds. The number of methoxy groups -OCH3 is 2. The van der Waals surface area contributed by atoms with Crippen molar-refractivity contribution in [3.05, 3.63) is 59.2 Å². The lowest BCUT2D eigenvalue weighted by molar-refractivity contribution is -0.126. The molecular weight excluding hydrogens is 368 g/mol. The second-order valence-corrected chi connectivity index (χ2v) is 7.34. The van der Waals surface area contributed by atoms with Crippen LogP contribution in [0.1, 0.15) is 34.3 Å². The maximum atomic E-state index is 12.6. The van der Waals surface area contributed by atoms with Gasteiger partial charge in [0.15, 0.2) is 11.5 Å². The fourth-order valence-corrected chi connectivity index (χ4v) is 3.55. The second kappa shape index (κ2) is 9.45. The van der Waals surface area contributed by atoms with Crippen LogP contribution in [0.4, 0.5) is 0 Å². The van der Waals surface area contributed by atoms with Gasteiger partial charge in [-0.05, 0) is 49.6 Å². The molecule has 0 radical (unpaired) electrons. The number of ether oxygens (including phenoxy) is 2. The molecule has 0 atom stereocenters. The summed E-state index contributed by atoms with van der Waals surface area (Å²) in [7, 11) is 3.18. The predicted octanol–water partition coefficient (Wildman–Crippen LogP) is 3.18. The Bertz CT molecular complexity index is 856. The molecule has 0 unspecified atom stereocenters. The van der Waals surface area contributed by atoms with Gasteiger partial charge in [-0.1, -0.05) is 23.8 Å². The third-order valence-corrected chi connectivity index (χ3v) is 5.37. The van der Waals surface area contributed by atoms with Gasteiger partial charge in [-0.2, -0.15) is 0 Å². The molecule has 29 heavy (non-hydrogen) atoms. The Hall–Kier alpha value is -3.02. The van der Waals surface area contributed by atoms with Crippen LogP contribution in [0.5, 0.6) is 11.5 Å². The SMILES string of the molecule is COc1ccc(CNC(=O)C2CCN(C(=O)c3ccc(C)cc3)CC2)cc1OC. The van der Waals surface area contributed by atoms with Gasteiger partial charge in [0.1, 0.15) is 0 Å². The number of aryl methyl sites for hydroxylation is 1. The van der Waals surface area contributed by atoms with E-state index in [2.05, 4.69) is 5.32 Å². The number of carbonyl (C=O) groups excluding carboxylic acids is 2. The molecule has 1 N–H and O–H groups in total. The van der Waals surface area contributed by atoms with E-state index in [1.54, 1.807) is 14.2 Å². The Morgan fingerprint density at radius 2 is 1.66 bits per heavy atom. The molecule has 1 aliphatic rings. The molecule has 1 saturated heterocycles. The first-order valence-electron chi connectivity index (χ1n) is 9.86. The highest BCUT2D eigenvalue weighted by Crippen LogP contribution is 2.27. The van der Waals surface area contributed by atoms with E-state index in [9.17, 15) is 9.59 Å². The van der Waals surface area contributed by atoms with Crippen molar-refractivity contribution < 1.29 is 19.1 Å². The van der Waals surface area contributed by atoms with Gasteiger partial charge in [-0.15, -0.1) is 0 Å². The van der Waals surface area contributed by atoms with Gasteiger partial charge < -0.3 is 19.7 Å². The van der Waals surface area contributed by atoms with E-state index < -0.39 is 0 Å². The third-order valence-electron chi connectivity index (χ3n) is 5.37. The van der Waals surface area contributed by atoms with Crippen LogP contribution >= 0.6 is 0 Å². The molecule has 6 heteroatoms. The number of carbonyl (C=O) groups is 2. The average Bonchev–Trinajstić information content (AvgIpc) is 2.77. The smallest absolute Gasteiger partial charge is 0.253 e. The number of nitrogens with one attached hydrogen (secondary N) is 1. The average molecular weight is 396 g/mol. The van der Waals surface area contributed by atoms with Crippen molar-refractivity contribution in [1.29, 1.82) is 0 Å². The Kier molecular flexibility index (Phi) is 6.75. The van der Waals surface area contributed by atoms with Crippen molar-refractivity contribution in [3.63, 3.8) is 0 Å². The molecule has 1 aliphatic heterocycles. The molecule has 0 aliphatic carbocycles. The molecule has 0 spiro atoms. The summed E-state index contributed by atoms with van der Waals surface area (Å²) in [5, 5.41) is 3.00. The molecule has 3 rings (SSSR count). The number of hydrogen-bond donors (Lipinski definition) is 1. The van der Waals surface area contributed by atoms with Crippen molar-refractivity contribution in [1.82, 2.24) is 10.2 Å². The van der Waals surface area contributed by atoms with Crippen LogP contribution in [0.2, 0.25) is 0 Å². The molecule has 2 aromatic rings. The number of benzene rings is 2. The summed E-state index contributed by atoms with van der Waals surface area (Å²) in [5.41, 5.74) is 2.78. The molecular formula is C23H28N2O4. The zero-order valence-corrected chi connectivity index (χ0v) is 17.2. The van der Waals surface area contributed by atoms with Crippen molar-refractivity contribution in [2.75, 3.05) is 27.3 Å². The number of rotatable bonds is 6. The van der Waals surface area contributed by atoms with Gasteiger partial charge in [0.2, 0.25) is 5.91 Å². The summed E-state index contributed by atoms with van der Waals surface area (Å²) in [6.45, 7) is 3.63. The van der Waals surface area contributed by atoms with Gasteiger partial charge in [0.25, 0.3) is 5.91 Å². The van der Waals surface area contributed by atoms with Crippen molar-refractivity contribution in [2.24, 2.45) is 5.92 Å². The molecule has 0 aromatic heterocycles. The van der Waals surface area contributed by atoms with Crippen LogP contribution < -0.4 is 14.8 Å². The van der Waals surface area contributed by atoms with Crippen molar-refractivity contribution >= 4 is 11.8 Å². The predicted molar refractivity (Wildman–Crippen MR) is 111 cm³/mol. The first-order chi connectivity index (χ1) is 14.0. The van der Waals surface area contributed by atoms with Crippen LogP contribution in [0.3, 0.4) is 0 Å². The Morgan fingerprint density at radius 3 is 2.28 bits per heavy atom. The fourth-order valence-electron chi connectivity index (χ4n) is 3.55. The van der Waals surface area contributed by atoms with E-state index in [-0.39, 0.29) is 17.7 Å². The van der Waals surface area contributed by atoms with E-state index >= 15 is 0 Å². The van der Waals surface area contributed by atoms with Gasteiger partial charge in [0.05, 0.1) is 14.2 Å². The Morgan fingerprint density at radius 1 is 1.00 bits per heavy atom. The lowest BCUT2D eigenvalue weighted by Crippen LogP contribution is -2.42. The highest BCUT2D eigenvalue weighted by molar-refractivity contribution is 5.94. The van der Waals surface area contributed by atoms with E-state index in [4.69, 9.17) is 9.47 Å². The van der Waals surface area contributed by atoms with Crippen LogP contribution in [-0.4, -0.2) is 44.0 Å². The quantitative estimate of drug-likeness (QED) is 0.814. The number of amides is 2. The summed E-state index contributed by atoms with van der Waals surface area (Å²) in [6.07, 6.45) is 1.35. The largest absolute Gasteiger partial charge is 0.493 e. The minimum absolute atomic E-state index is 0.0298. The van der Waals surface area contributed by atoms with E-state index in [1.165, 1.54) is 0 Å². The first-order valence-corrected chi connectivity index (χ1v) is 9.86. The number of piperidine rings is 1. The van der Waals surface area contributed by atoms with Gasteiger partial charge >= 0.3 is 0 Å². The highest BCUT2D eigenvalue weighted by atomic mass is 16.5. The lowest BCUT2D eigenvalue weighted by Gasteiger charge is -2.31. The summed E-state index contributed by atoms with van der Waals surface area (Å²) < 4.78 is 10.5. The molecule has 0 saturated carbocycles. The van der Waals surface area contributed by atoms with Crippen LogP contribution in [0.25, 0.3) is 0 Å². The van der Waals surface area contributed by atoms with Crippen molar-refractivity contribution in [2.45, 2.75) is 26.3 Å². The van der Waals surface area contributed by atoms with Crippen LogP contribution in [0, 0.1) is 12.8 Å². The normalized spacial score (nSPS) is 14.4. The molecule has 1 heterocycles. The molecule has 1 fully saturated rings. The topological polar surface area (TPSA) is 67.9 Å². The van der Waals surface area contributed by atoms with E-state index in [0.717, 1.165) is 11.1 Å². The summed E-state index contributed by atoms with van der Waals surface area (Å²) in [6, 6.07) is 13.2. The molecule has 154 valence electrons. The summed E-state index contributed by atoms with van der Waals surface area (Å²) in [5.74, 6) is 1.30. The van der Waals surface area contributed by atoms with Crippen LogP contribution in [0.15, 0.2) is 42.5 Å². The van der Waals surface area contributed by atoms with E-state index in [0.29, 0.717) is 49.5 Å². The maximum absolute atomic E-state index is 12.6. The monoisotopic (exact) mass is 396 g/mol. The maximum Gasteiger partial charge on any atom is 0.253 e. The summed E-state index contributed by atoms with van der Waals surface area (Å²) in [4.78, 5) is 27.0. The first kappa shape index (κ1) is 20.7. The summed E-state index contributed by atoms with van der Waals surface area (Å²) >= 11 is 0. The number of likely N-dealkylation sites (tertiary alicyclic amines) is 1. The number of hydrogen-bond acceptors (Lipinski definition) is 4. The third kappa shape index (κ3) is 5.08. The Balaban J connectivity index is 1.50. The van der Waals surface area contributed by atoms with Gasteiger partial charge in [0, 0.05) is 31.1 Å². The van der Waals surface area contributed by atoms with E-state index in [1.807, 2.05) is 54.3 Å². The lowest BCUT2D eigenvalue weighted by atomic mass is 9.95. The minimum atomic E-state index is -0.0720. The molecule has 6 nitrogen and oxygen atoms in total. The van der Waals surface area contributed by atoms with Gasteiger partial charge in [-0.25, -0.2) is 0 Å². The Labute approximate surface area is 171 Å².